The molecule has 0 spiro atoms. The maximum Gasteiger partial charge on any atom is -1.00 e. The molecule has 28 heavy (non-hydrogen) atoms. The summed E-state index contributed by atoms with van der Waals surface area (Å²) in [4.78, 5) is 0. The van der Waals surface area contributed by atoms with E-state index in [0.717, 1.165) is 6.42 Å². The summed E-state index contributed by atoms with van der Waals surface area (Å²) in [5, 5.41) is 0. The van der Waals surface area contributed by atoms with Crippen LogP contribution in [0.15, 0.2) is 70.0 Å². The maximum atomic E-state index is 2.60. The molecule has 0 fully saturated rings. The Labute approximate surface area is 189 Å². The molecule has 0 aliphatic heterocycles. The van der Waals surface area contributed by atoms with Crippen LogP contribution in [0.4, 0.5) is 0 Å². The quantitative estimate of drug-likeness (QED) is 0.319. The zero-order valence-electron chi connectivity index (χ0n) is 16.2. The van der Waals surface area contributed by atoms with Crippen LogP contribution >= 0.6 is 0 Å². The number of halogens is 2. The van der Waals surface area contributed by atoms with Gasteiger partial charge < -0.3 is 24.8 Å². The van der Waals surface area contributed by atoms with E-state index in [1.807, 2.05) is 3.28 Å². The molecule has 0 unspecified atom stereocenters. The van der Waals surface area contributed by atoms with Gasteiger partial charge in [-0.2, -0.15) is 0 Å². The number of hydrogen-bond donors (Lipinski definition) is 0. The van der Waals surface area contributed by atoms with Gasteiger partial charge in [0.2, 0.25) is 0 Å². The first-order valence-corrected chi connectivity index (χ1v) is 19.2. The Hall–Kier alpha value is -0.920. The minimum Gasteiger partial charge on any atom is -1.00 e. The second-order valence-corrected chi connectivity index (χ2v) is 27.0. The molecule has 141 valence electrons. The first-order valence-electron chi connectivity index (χ1n) is 9.58. The zero-order valence-corrected chi connectivity index (χ0v) is 21.3. The minimum atomic E-state index is -1.79. The first-order chi connectivity index (χ1) is 12.7. The van der Waals surface area contributed by atoms with E-state index >= 15 is 0 Å². The fraction of sp³-hybridized carbons (Fsp3) is 0.167. The second kappa shape index (κ2) is 8.84. The van der Waals surface area contributed by atoms with Crippen molar-refractivity contribution in [3.05, 3.63) is 92.3 Å². The molecule has 0 aromatic heterocycles. The van der Waals surface area contributed by atoms with Crippen molar-refractivity contribution in [3.63, 3.8) is 0 Å². The molecule has 3 aromatic carbocycles. The Balaban J connectivity index is 0.00000112. The summed E-state index contributed by atoms with van der Waals surface area (Å²) >= 11 is -1.79. The van der Waals surface area contributed by atoms with Gasteiger partial charge in [-0.1, -0.05) is 0 Å². The number of fused-ring (bicyclic) bond motifs is 4. The van der Waals surface area contributed by atoms with E-state index in [1.165, 1.54) is 28.7 Å². The molecule has 0 saturated carbocycles. The Kier molecular flexibility index (Phi) is 6.88. The first kappa shape index (κ1) is 21.8. The average Bonchev–Trinajstić information content (AvgIpc) is 3.23. The van der Waals surface area contributed by atoms with Gasteiger partial charge in [0.15, 0.2) is 0 Å². The number of benzene rings is 3. The van der Waals surface area contributed by atoms with Crippen molar-refractivity contribution < 1.29 is 45.7 Å². The molecule has 4 heteroatoms. The Morgan fingerprint density at radius 1 is 0.714 bits per heavy atom. The van der Waals surface area contributed by atoms with E-state index in [2.05, 4.69) is 85.9 Å². The maximum absolute atomic E-state index is 2.60. The van der Waals surface area contributed by atoms with E-state index < -0.39 is 26.8 Å². The van der Waals surface area contributed by atoms with Gasteiger partial charge in [0.1, 0.15) is 0 Å². The molecule has 0 N–H and O–H groups in total. The standard InChI is InChI=1S/C13H9.C9H7.C2H7Si.2ClH.Zr/c1-3-7-12-10(5-1)9-11-6-2-4-8-13(11)12;1-2-5-9-7-3-6-8(9)4-1;1-3-2;;;/h1-5,7-8H,9H2;1-2,4-6H,7H2;3H,1-2H3;2*1H;/q;;;;;+2/p-2. The van der Waals surface area contributed by atoms with Gasteiger partial charge in [-0.05, 0) is 0 Å². The fourth-order valence-electron chi connectivity index (χ4n) is 4.72. The zero-order chi connectivity index (χ0) is 17.7. The van der Waals surface area contributed by atoms with Crippen molar-refractivity contribution >= 4 is 15.3 Å². The summed E-state index contributed by atoms with van der Waals surface area (Å²) in [5.74, 6) is -0.700. The molecule has 2 aliphatic rings. The molecular weight excluding hydrogens is 478 g/mol. The predicted octanol–water partition coefficient (Wildman–Crippen LogP) is -0.910. The van der Waals surface area contributed by atoms with Gasteiger partial charge in [0.05, 0.1) is 0 Å². The SMILES string of the molecule is C[SiH](C)[Zr+2]([C]1=Cc2ccccc2C1)[c]1cccc2c1Cc1ccccc1-2.[Cl-].[Cl-]. The number of allylic oxidation sites excluding steroid dienone is 1. The van der Waals surface area contributed by atoms with E-state index in [4.69, 9.17) is 0 Å². The number of rotatable bonds is 3. The van der Waals surface area contributed by atoms with Crippen LogP contribution in [0, 0.1) is 0 Å². The monoisotopic (exact) mass is 499 g/mol. The normalized spacial score (nSPS) is 13.0. The van der Waals surface area contributed by atoms with Crippen molar-refractivity contribution in [3.8, 4) is 11.1 Å². The summed E-state index contributed by atoms with van der Waals surface area (Å²) in [7, 11) is 0. The Morgan fingerprint density at radius 2 is 1.39 bits per heavy atom. The summed E-state index contributed by atoms with van der Waals surface area (Å²) in [6.07, 6.45) is 4.93. The molecule has 0 nitrogen and oxygen atoms in total. The van der Waals surface area contributed by atoms with Crippen LogP contribution in [-0.2, 0) is 33.8 Å². The van der Waals surface area contributed by atoms with Crippen LogP contribution in [0.3, 0.4) is 0 Å². The van der Waals surface area contributed by atoms with Gasteiger partial charge >= 0.3 is 166 Å². The van der Waals surface area contributed by atoms with Crippen molar-refractivity contribution in [2.45, 2.75) is 25.9 Å². The van der Waals surface area contributed by atoms with Crippen LogP contribution in [0.2, 0.25) is 13.1 Å². The van der Waals surface area contributed by atoms with E-state index in [1.54, 1.807) is 14.4 Å². The second-order valence-electron chi connectivity index (χ2n) is 7.78. The van der Waals surface area contributed by atoms with Crippen LogP contribution in [0.1, 0.15) is 22.3 Å². The third-order valence-electron chi connectivity index (χ3n) is 5.83. The molecule has 0 saturated heterocycles. The van der Waals surface area contributed by atoms with Crippen molar-refractivity contribution in [1.82, 2.24) is 0 Å². The van der Waals surface area contributed by atoms with Crippen LogP contribution in [0.5, 0.6) is 0 Å². The summed E-state index contributed by atoms with van der Waals surface area (Å²) in [6, 6.07) is 25.2. The Morgan fingerprint density at radius 3 is 2.14 bits per heavy atom. The molecule has 0 heterocycles. The summed E-state index contributed by atoms with van der Waals surface area (Å²) in [5.41, 5.74) is 9.20. The van der Waals surface area contributed by atoms with E-state index in [-0.39, 0.29) is 24.8 Å². The molecule has 0 radical (unpaired) electrons. The summed E-state index contributed by atoms with van der Waals surface area (Å²) < 4.78 is 3.63. The van der Waals surface area contributed by atoms with E-state index in [9.17, 15) is 0 Å². The average molecular weight is 502 g/mol. The molecule has 2 aliphatic carbocycles. The largest absolute Gasteiger partial charge is 1.00 e. The topological polar surface area (TPSA) is 0 Å². The van der Waals surface area contributed by atoms with Crippen molar-refractivity contribution in [1.29, 1.82) is 0 Å². The van der Waals surface area contributed by atoms with E-state index in [0.29, 0.717) is 0 Å². The van der Waals surface area contributed by atoms with Gasteiger partial charge in [-0.25, -0.2) is 0 Å². The fourth-order valence-corrected chi connectivity index (χ4v) is 23.4. The molecular formula is C24H23Cl2SiZr. The third-order valence-corrected chi connectivity index (χ3v) is 24.6. The van der Waals surface area contributed by atoms with Crippen LogP contribution in [0.25, 0.3) is 17.2 Å². The minimum absolute atomic E-state index is 0. The predicted molar refractivity (Wildman–Crippen MR) is 111 cm³/mol. The number of hydrogen-bond acceptors (Lipinski definition) is 0. The Bertz CT molecular complexity index is 1040. The molecule has 5 rings (SSSR count). The smallest absolute Gasteiger partial charge is 1.00 e. The molecule has 0 bridgehead atoms. The molecule has 0 atom stereocenters. The van der Waals surface area contributed by atoms with Crippen molar-refractivity contribution in [2.24, 2.45) is 0 Å². The third kappa shape index (κ3) is 3.65. The summed E-state index contributed by atoms with van der Waals surface area (Å²) in [6.45, 7) is 5.19. The molecule has 0 amide bonds. The van der Waals surface area contributed by atoms with Gasteiger partial charge in [0, 0.05) is 0 Å². The van der Waals surface area contributed by atoms with Crippen LogP contribution < -0.4 is 28.1 Å². The van der Waals surface area contributed by atoms with Gasteiger partial charge in [0.25, 0.3) is 0 Å². The van der Waals surface area contributed by atoms with Crippen LogP contribution in [-0.4, -0.2) is 5.92 Å². The van der Waals surface area contributed by atoms with Gasteiger partial charge in [-0.3, -0.25) is 0 Å². The van der Waals surface area contributed by atoms with Gasteiger partial charge in [-0.15, -0.1) is 0 Å². The van der Waals surface area contributed by atoms with Crippen molar-refractivity contribution in [2.75, 3.05) is 0 Å². The molecule has 3 aromatic rings.